The molecule has 59 heavy (non-hydrogen) atoms. The van der Waals surface area contributed by atoms with Crippen molar-refractivity contribution in [2.24, 2.45) is 0 Å². The van der Waals surface area contributed by atoms with E-state index in [0.29, 0.717) is 29.7 Å². The first kappa shape index (κ1) is 53.9. The van der Waals surface area contributed by atoms with E-state index in [1.165, 1.54) is 88.5 Å². The second-order valence-electron chi connectivity index (χ2n) is 16.5. The summed E-state index contributed by atoms with van der Waals surface area (Å²) < 4.78 is 34.2. The van der Waals surface area contributed by atoms with Crippen molar-refractivity contribution in [1.29, 1.82) is 0 Å². The highest BCUT2D eigenvalue weighted by Gasteiger charge is 2.27. The zero-order valence-electron chi connectivity index (χ0n) is 36.8. The van der Waals surface area contributed by atoms with Crippen molar-refractivity contribution in [3.8, 4) is 0 Å². The van der Waals surface area contributed by atoms with Gasteiger partial charge in [0.25, 0.3) is 5.69 Å². The van der Waals surface area contributed by atoms with Crippen LogP contribution in [0.25, 0.3) is 0 Å². The Morgan fingerprint density at radius 3 is 1.68 bits per heavy atom. The standard InChI is InChI=1S/C43H77N4O11P/c1-5-6-7-8-9-10-11-12-13-15-18-21-24-27-41(48)55-36-40(37-57-59(53,54)56-35-34-47(2,3)4)58-42(49)28-25-22-19-16-14-17-20-23-26-33-44-43(50)45-38-29-31-39(32-30-38)46(51)52/h29-32,40H,5-28,33-37H2,1-4H3,(H2-,44,45,50,53,54)/p+1/t40-/m1/s1. The summed E-state index contributed by atoms with van der Waals surface area (Å²) in [6.45, 7) is 2.55. The number of likely N-dealkylation sites (N-methyl/N-ethyl adjacent to an activating group) is 1. The number of ether oxygens (including phenoxy) is 2. The van der Waals surface area contributed by atoms with Gasteiger partial charge in [0.2, 0.25) is 0 Å². The Morgan fingerprint density at radius 2 is 1.19 bits per heavy atom. The number of benzene rings is 1. The number of anilines is 1. The summed E-state index contributed by atoms with van der Waals surface area (Å²) >= 11 is 0. The average molecular weight is 858 g/mol. The van der Waals surface area contributed by atoms with Gasteiger partial charge in [-0.05, 0) is 31.4 Å². The number of nitro groups is 1. The van der Waals surface area contributed by atoms with Gasteiger partial charge in [-0.3, -0.25) is 28.8 Å². The minimum Gasteiger partial charge on any atom is -0.462 e. The number of hydrogen-bond donors (Lipinski definition) is 3. The Hall–Kier alpha value is -3.10. The van der Waals surface area contributed by atoms with Crippen LogP contribution < -0.4 is 10.6 Å². The summed E-state index contributed by atoms with van der Waals surface area (Å²) in [6.07, 6.45) is 23.6. The van der Waals surface area contributed by atoms with E-state index in [1.807, 2.05) is 21.1 Å². The van der Waals surface area contributed by atoms with Crippen molar-refractivity contribution in [3.05, 3.63) is 34.4 Å². The number of esters is 2. The fourth-order valence-electron chi connectivity index (χ4n) is 6.23. The number of urea groups is 1. The molecule has 0 aliphatic rings. The van der Waals surface area contributed by atoms with E-state index in [1.54, 1.807) is 0 Å². The van der Waals surface area contributed by atoms with Gasteiger partial charge in [0.15, 0.2) is 6.10 Å². The van der Waals surface area contributed by atoms with Crippen LogP contribution in [0.2, 0.25) is 0 Å². The van der Waals surface area contributed by atoms with Crippen LogP contribution in [0.4, 0.5) is 16.2 Å². The number of carbonyl (C=O) groups excluding carboxylic acids is 3. The number of nitrogens with one attached hydrogen (secondary N) is 2. The lowest BCUT2D eigenvalue weighted by atomic mass is 10.0. The molecule has 340 valence electrons. The summed E-state index contributed by atoms with van der Waals surface area (Å²) in [6, 6.07) is 5.31. The summed E-state index contributed by atoms with van der Waals surface area (Å²) in [4.78, 5) is 57.7. The molecule has 0 fully saturated rings. The number of hydrogen-bond acceptors (Lipinski definition) is 10. The number of phosphoric acid groups is 1. The predicted molar refractivity (Wildman–Crippen MR) is 232 cm³/mol. The van der Waals surface area contributed by atoms with Gasteiger partial charge in [0, 0.05) is 37.2 Å². The van der Waals surface area contributed by atoms with Crippen LogP contribution in [0.3, 0.4) is 0 Å². The van der Waals surface area contributed by atoms with Crippen LogP contribution in [0.15, 0.2) is 24.3 Å². The second-order valence-corrected chi connectivity index (χ2v) is 18.0. The minimum absolute atomic E-state index is 0.00262. The molecule has 2 atom stereocenters. The summed E-state index contributed by atoms with van der Waals surface area (Å²) in [5, 5.41) is 16.2. The third-order valence-corrected chi connectivity index (χ3v) is 10.8. The molecule has 1 aromatic rings. The molecule has 0 saturated carbocycles. The van der Waals surface area contributed by atoms with Crippen molar-refractivity contribution in [1.82, 2.24) is 5.32 Å². The molecule has 0 spiro atoms. The highest BCUT2D eigenvalue weighted by atomic mass is 31.2. The van der Waals surface area contributed by atoms with Gasteiger partial charge >= 0.3 is 25.8 Å². The Kier molecular flexibility index (Phi) is 30.7. The van der Waals surface area contributed by atoms with Gasteiger partial charge in [-0.15, -0.1) is 0 Å². The molecule has 0 aliphatic carbocycles. The molecule has 1 aromatic carbocycles. The smallest absolute Gasteiger partial charge is 0.462 e. The molecule has 15 nitrogen and oxygen atoms in total. The minimum atomic E-state index is -4.41. The maximum absolute atomic E-state index is 12.7. The van der Waals surface area contributed by atoms with Gasteiger partial charge in [0.05, 0.1) is 32.7 Å². The van der Waals surface area contributed by atoms with Crippen molar-refractivity contribution in [2.45, 2.75) is 167 Å². The molecular weight excluding hydrogens is 779 g/mol. The van der Waals surface area contributed by atoms with E-state index < -0.39 is 37.4 Å². The Labute approximate surface area is 354 Å². The molecular formula is C43H78N4O11P+. The molecule has 0 bridgehead atoms. The van der Waals surface area contributed by atoms with Crippen LogP contribution in [-0.2, 0) is 32.7 Å². The van der Waals surface area contributed by atoms with Crippen molar-refractivity contribution in [3.63, 3.8) is 0 Å². The predicted octanol–water partition coefficient (Wildman–Crippen LogP) is 10.4. The van der Waals surface area contributed by atoms with Crippen molar-refractivity contribution in [2.75, 3.05) is 59.4 Å². The van der Waals surface area contributed by atoms with Gasteiger partial charge in [-0.25, -0.2) is 9.36 Å². The van der Waals surface area contributed by atoms with E-state index in [-0.39, 0.29) is 37.8 Å². The van der Waals surface area contributed by atoms with Crippen molar-refractivity contribution < 1.29 is 51.8 Å². The first-order chi connectivity index (χ1) is 28.2. The SMILES string of the molecule is CCCCCCCCCCCCCCCC(=O)OC[C@H](COP(=O)(O)OCC[N+](C)(C)C)OC(=O)CCCCCCCCCCCNC(=O)Nc1ccc([N+](=O)[O-])cc1. The first-order valence-corrected chi connectivity index (χ1v) is 23.8. The van der Waals surface area contributed by atoms with Crippen LogP contribution >= 0.6 is 7.82 Å². The van der Waals surface area contributed by atoms with Crippen LogP contribution in [0.1, 0.15) is 161 Å². The third kappa shape index (κ3) is 33.3. The molecule has 0 aliphatic heterocycles. The number of nitro benzene ring substituents is 1. The number of phosphoric ester groups is 1. The molecule has 0 aromatic heterocycles. The van der Waals surface area contributed by atoms with Crippen LogP contribution in [-0.4, -0.2) is 92.4 Å². The lowest BCUT2D eigenvalue weighted by Crippen LogP contribution is -2.37. The monoisotopic (exact) mass is 858 g/mol. The number of quaternary nitrogens is 1. The Bertz CT molecular complexity index is 1330. The summed E-state index contributed by atoms with van der Waals surface area (Å²) in [7, 11) is 1.37. The van der Waals surface area contributed by atoms with E-state index in [0.717, 1.165) is 70.6 Å². The highest BCUT2D eigenvalue weighted by Crippen LogP contribution is 2.43. The quantitative estimate of drug-likeness (QED) is 0.0143. The average Bonchev–Trinajstić information content (AvgIpc) is 3.17. The molecule has 1 rings (SSSR count). The second kappa shape index (κ2) is 33.6. The molecule has 3 N–H and O–H groups in total. The number of nitrogens with zero attached hydrogens (tertiary/aromatic N) is 2. The van der Waals surface area contributed by atoms with E-state index >= 15 is 0 Å². The molecule has 16 heteroatoms. The lowest BCUT2D eigenvalue weighted by Gasteiger charge is -2.24. The van der Waals surface area contributed by atoms with Crippen molar-refractivity contribution >= 4 is 37.2 Å². The van der Waals surface area contributed by atoms with Crippen LogP contribution in [0, 0.1) is 10.1 Å². The first-order valence-electron chi connectivity index (χ1n) is 22.3. The summed E-state index contributed by atoms with van der Waals surface area (Å²) in [5.41, 5.74) is 0.450. The fraction of sp³-hybridized carbons (Fsp3) is 0.791. The molecule has 2 amide bonds. The zero-order chi connectivity index (χ0) is 43.6. The maximum atomic E-state index is 12.7. The van der Waals surface area contributed by atoms with Gasteiger partial charge in [0.1, 0.15) is 19.8 Å². The lowest BCUT2D eigenvalue weighted by molar-refractivity contribution is -0.870. The maximum Gasteiger partial charge on any atom is 0.472 e. The normalized spacial score (nSPS) is 13.0. The molecule has 1 unspecified atom stereocenters. The number of carbonyl (C=O) groups is 3. The third-order valence-electron chi connectivity index (χ3n) is 9.83. The number of amides is 2. The van der Waals surface area contributed by atoms with E-state index in [2.05, 4.69) is 17.6 Å². The van der Waals surface area contributed by atoms with Crippen LogP contribution in [0.5, 0.6) is 0 Å². The Morgan fingerprint density at radius 1 is 0.712 bits per heavy atom. The number of non-ortho nitro benzene ring substituents is 1. The van der Waals surface area contributed by atoms with E-state index in [9.17, 15) is 34.0 Å². The highest BCUT2D eigenvalue weighted by molar-refractivity contribution is 7.47. The number of unbranched alkanes of at least 4 members (excludes halogenated alkanes) is 20. The van der Waals surface area contributed by atoms with E-state index in [4.69, 9.17) is 18.5 Å². The molecule has 0 heterocycles. The summed E-state index contributed by atoms with van der Waals surface area (Å²) in [5.74, 6) is -0.888. The molecule has 0 radical (unpaired) electrons. The molecule has 0 saturated heterocycles. The topological polar surface area (TPSA) is 193 Å². The largest absolute Gasteiger partial charge is 0.472 e. The number of rotatable bonds is 38. The Balaban J connectivity index is 2.26. The fourth-order valence-corrected chi connectivity index (χ4v) is 6.97. The van der Waals surface area contributed by atoms with Gasteiger partial charge in [-0.1, -0.05) is 129 Å². The zero-order valence-corrected chi connectivity index (χ0v) is 37.7. The van der Waals surface area contributed by atoms with Gasteiger partial charge in [-0.2, -0.15) is 0 Å². The van der Waals surface area contributed by atoms with Gasteiger partial charge < -0.3 is 29.5 Å².